The van der Waals surface area contributed by atoms with Gasteiger partial charge < -0.3 is 74.8 Å². The number of carbonyl (C=O) groups excluding carboxylic acids is 11. The largest absolute Gasteiger partial charge is 0.394 e. The number of benzene rings is 2. The number of para-hydroxylation sites is 2. The molecule has 18 N–H and O–H groups in total. The number of hydrogen-bond acceptors (Lipinski definition) is 17. The van der Waals surface area contributed by atoms with Crippen LogP contribution in [0.25, 0.3) is 21.8 Å². The molecule has 0 radical (unpaired) electrons. The number of Topliss-reactive ketones (excluding diaryl/α,β-unsaturated/α-hetero) is 6. The minimum Gasteiger partial charge on any atom is -0.394 e. The molecule has 4 aromatic rings. The summed E-state index contributed by atoms with van der Waals surface area (Å²) in [6.07, 6.45) is 17.5. The SMILES string of the molecule is CCCCCCCCCCCCCCCC(=O)N[C@@H](CCCCN)C(=O)C[C@H](CCCCN)C(=O)N[C@@H](CO)C(=O)C[C@H](Cc1c[nH]c2ccccc12)C(=O)N[C@@H](CO)C(=O)C[C@H](CCCN=C(N)N)C(=O)N[C@@H](Cc1c[nH]c2ccccc12)C(=O)C[C@H](C(=O)N[C@@H](CC(C)C)C(=O)C[C@@H](C)C(C)=O)[C@@H](C)O. The Morgan fingerprint density at radius 3 is 1.38 bits per heavy atom. The zero-order valence-corrected chi connectivity index (χ0v) is 64.5. The number of nitrogens with two attached hydrogens (primary N) is 4. The van der Waals surface area contributed by atoms with Gasteiger partial charge in [0.05, 0.1) is 43.4 Å². The Bertz CT molecular complexity index is 3450. The van der Waals surface area contributed by atoms with Gasteiger partial charge in [-0.15, -0.1) is 0 Å². The third kappa shape index (κ3) is 33.6. The average Bonchev–Trinajstić information content (AvgIpc) is 1.74. The van der Waals surface area contributed by atoms with Gasteiger partial charge in [-0.25, -0.2) is 0 Å². The molecule has 0 unspecified atom stereocenters. The van der Waals surface area contributed by atoms with Gasteiger partial charge in [0.15, 0.2) is 34.9 Å². The van der Waals surface area contributed by atoms with E-state index in [-0.39, 0.29) is 93.7 Å². The van der Waals surface area contributed by atoms with E-state index in [2.05, 4.69) is 48.5 Å². The second-order valence-electron chi connectivity index (χ2n) is 29.8. The zero-order chi connectivity index (χ0) is 78.8. The number of nitrogens with zero attached hydrogens (tertiary/aromatic N) is 1. The lowest BCUT2D eigenvalue weighted by atomic mass is 9.88. The van der Waals surface area contributed by atoms with E-state index >= 15 is 0 Å². The third-order valence-corrected chi connectivity index (χ3v) is 20.3. The van der Waals surface area contributed by atoms with Crippen LogP contribution < -0.4 is 49.5 Å². The Labute approximate surface area is 632 Å². The summed E-state index contributed by atoms with van der Waals surface area (Å²) in [5.41, 5.74) is 25.6. The van der Waals surface area contributed by atoms with E-state index < -0.39 is 145 Å². The van der Waals surface area contributed by atoms with Crippen LogP contribution in [0.2, 0.25) is 0 Å². The van der Waals surface area contributed by atoms with Crippen LogP contribution in [-0.2, 0) is 65.6 Å². The number of ketones is 6. The van der Waals surface area contributed by atoms with Crippen LogP contribution in [0.5, 0.6) is 0 Å². The molecule has 0 fully saturated rings. The lowest BCUT2D eigenvalue weighted by Gasteiger charge is -2.27. The first-order chi connectivity index (χ1) is 51.2. The van der Waals surface area contributed by atoms with Gasteiger partial charge >= 0.3 is 0 Å². The second-order valence-corrected chi connectivity index (χ2v) is 29.8. The summed E-state index contributed by atoms with van der Waals surface area (Å²) in [7, 11) is 0. The number of amides is 5. The van der Waals surface area contributed by atoms with Crippen molar-refractivity contribution in [2.75, 3.05) is 32.8 Å². The number of aliphatic hydroxyl groups is 3. The molecule has 596 valence electrons. The third-order valence-electron chi connectivity index (χ3n) is 20.3. The molecule has 0 saturated heterocycles. The average molecular weight is 1490 g/mol. The van der Waals surface area contributed by atoms with Crippen molar-refractivity contribution in [2.24, 2.45) is 63.4 Å². The highest BCUT2D eigenvalue weighted by molar-refractivity contribution is 6.00. The summed E-state index contributed by atoms with van der Waals surface area (Å²) in [5.74, 6) is -12.6. The maximum Gasteiger partial charge on any atom is 0.226 e. The Kier molecular flexibility index (Phi) is 43.2. The number of H-pyrrole nitrogens is 2. The molecule has 26 heteroatoms. The number of aromatic amines is 2. The molecule has 0 spiro atoms. The predicted molar refractivity (Wildman–Crippen MR) is 417 cm³/mol. The quantitative estimate of drug-likeness (QED) is 0.0115. The fourth-order valence-electron chi connectivity index (χ4n) is 13.6. The smallest absolute Gasteiger partial charge is 0.226 e. The van der Waals surface area contributed by atoms with Gasteiger partial charge in [-0.1, -0.05) is 148 Å². The van der Waals surface area contributed by atoms with Gasteiger partial charge in [0.1, 0.15) is 17.9 Å². The maximum absolute atomic E-state index is 14.9. The topological polar surface area (TPSA) is 457 Å². The number of rotatable bonds is 60. The van der Waals surface area contributed by atoms with Gasteiger partial charge in [0.25, 0.3) is 0 Å². The van der Waals surface area contributed by atoms with E-state index in [1.807, 2.05) is 44.2 Å². The first kappa shape index (κ1) is 91.3. The van der Waals surface area contributed by atoms with Crippen molar-refractivity contribution in [3.8, 4) is 0 Å². The maximum atomic E-state index is 14.9. The van der Waals surface area contributed by atoms with Gasteiger partial charge in [0, 0.05) is 109 Å². The second kappa shape index (κ2) is 50.6. The van der Waals surface area contributed by atoms with Crippen LogP contribution in [0.15, 0.2) is 65.9 Å². The highest BCUT2D eigenvalue weighted by Crippen LogP contribution is 2.27. The van der Waals surface area contributed by atoms with Crippen molar-refractivity contribution in [3.05, 3.63) is 72.1 Å². The standard InChI is InChI=1S/C81H128N12O14/c1-7-8-9-10-11-12-13-14-15-16-17-18-19-36-76(103)89-66(35-25-27-38-83)72(99)44-56(29-24-26-37-82)78(105)92-70(51-95)74(101)46-58(42-59-48-87-64-33-22-20-31-61(59)64)79(106)93-69(50-94)73(100)45-57(30-28-39-86-81(84)85)77(104)90-68(43-60-49-88-65-34-23-21-32-62(60)65)75(102)47-63(55(6)97)80(107)91-67(40-52(2)3)71(98)41-53(4)54(5)96/h20-23,31-34,48-49,52-53,55-58,63,66-70,87-88,94-95,97H,7-19,24-30,35-47,50-51,82-83H2,1-6H3,(H,89,103)(H,90,104)(H,91,107)(H,92,105)(H,93,106)(H4,84,85,86)/t53-,55-,56+,57+,58+,63+,66+,67+,68+,69+,70+/m1/s1. The van der Waals surface area contributed by atoms with E-state index in [1.54, 1.807) is 37.5 Å². The first-order valence-corrected chi connectivity index (χ1v) is 39.4. The van der Waals surface area contributed by atoms with E-state index in [9.17, 15) is 68.1 Å². The first-order valence-electron chi connectivity index (χ1n) is 39.4. The van der Waals surface area contributed by atoms with Gasteiger partial charge in [-0.3, -0.25) is 57.7 Å². The summed E-state index contributed by atoms with van der Waals surface area (Å²) in [6.45, 7) is 9.07. The number of carbonyl (C=O) groups is 11. The van der Waals surface area contributed by atoms with Crippen molar-refractivity contribution >= 4 is 92.0 Å². The Morgan fingerprint density at radius 1 is 0.467 bits per heavy atom. The number of guanidine groups is 1. The fourth-order valence-corrected chi connectivity index (χ4v) is 13.6. The van der Waals surface area contributed by atoms with E-state index in [0.717, 1.165) is 31.2 Å². The zero-order valence-electron chi connectivity index (χ0n) is 64.5. The number of hydrogen-bond donors (Lipinski definition) is 14. The molecule has 2 aromatic heterocycles. The van der Waals surface area contributed by atoms with E-state index in [0.29, 0.717) is 79.0 Å². The number of aromatic nitrogens is 2. The van der Waals surface area contributed by atoms with Gasteiger partial charge in [-0.2, -0.15) is 0 Å². The molecule has 11 atom stereocenters. The van der Waals surface area contributed by atoms with E-state index in [4.69, 9.17) is 22.9 Å². The Morgan fingerprint density at radius 2 is 0.897 bits per heavy atom. The Hall–Kier alpha value is -8.04. The van der Waals surface area contributed by atoms with Crippen LogP contribution in [0.4, 0.5) is 0 Å². The minimum absolute atomic E-state index is 0.0125. The lowest BCUT2D eigenvalue weighted by molar-refractivity contribution is -0.138. The monoisotopic (exact) mass is 1490 g/mol. The Balaban J connectivity index is 1.58. The number of aliphatic hydroxyl groups excluding tert-OH is 3. The molecule has 4 rings (SSSR count). The predicted octanol–water partition coefficient (Wildman–Crippen LogP) is 7.55. The molecular formula is C81H128N12O14. The van der Waals surface area contributed by atoms with Crippen molar-refractivity contribution in [2.45, 2.75) is 270 Å². The van der Waals surface area contributed by atoms with Crippen molar-refractivity contribution in [1.29, 1.82) is 0 Å². The molecule has 2 heterocycles. The van der Waals surface area contributed by atoms with Crippen molar-refractivity contribution in [1.82, 2.24) is 36.6 Å². The highest BCUT2D eigenvalue weighted by atomic mass is 16.3. The molecule has 5 amide bonds. The highest BCUT2D eigenvalue weighted by Gasteiger charge is 2.38. The van der Waals surface area contributed by atoms with Crippen molar-refractivity contribution < 1.29 is 68.1 Å². The molecular weight excluding hydrogens is 1360 g/mol. The summed E-state index contributed by atoms with van der Waals surface area (Å²) in [6, 6.07) is 7.87. The lowest BCUT2D eigenvalue weighted by Crippen LogP contribution is -2.51. The van der Waals surface area contributed by atoms with Gasteiger partial charge in [-0.05, 0) is 120 Å². The number of aliphatic imine (C=N–C) groups is 1. The summed E-state index contributed by atoms with van der Waals surface area (Å²) < 4.78 is 0. The van der Waals surface area contributed by atoms with Gasteiger partial charge in [0.2, 0.25) is 29.5 Å². The minimum atomic E-state index is -1.68. The molecule has 0 bridgehead atoms. The summed E-state index contributed by atoms with van der Waals surface area (Å²) >= 11 is 0. The number of fused-ring (bicyclic) bond motifs is 2. The molecule has 26 nitrogen and oxygen atoms in total. The van der Waals surface area contributed by atoms with Crippen LogP contribution in [0.1, 0.15) is 232 Å². The fraction of sp³-hybridized carbons (Fsp3) is 0.654. The van der Waals surface area contributed by atoms with Crippen molar-refractivity contribution in [3.63, 3.8) is 0 Å². The molecule has 2 aromatic carbocycles. The number of nitrogens with one attached hydrogen (secondary N) is 7. The van der Waals surface area contributed by atoms with Crippen LogP contribution in [-0.4, -0.2) is 165 Å². The van der Waals surface area contributed by atoms with Crippen LogP contribution in [0.3, 0.4) is 0 Å². The number of unbranched alkanes of at least 4 members (excludes halogenated alkanes) is 14. The summed E-state index contributed by atoms with van der Waals surface area (Å²) in [5, 5.41) is 48.2. The molecule has 107 heavy (non-hydrogen) atoms. The van der Waals surface area contributed by atoms with E-state index in [1.165, 1.54) is 65.2 Å². The molecule has 0 aliphatic heterocycles. The molecule has 0 saturated carbocycles. The molecule has 0 aliphatic carbocycles. The van der Waals surface area contributed by atoms with Crippen LogP contribution in [0, 0.1) is 35.5 Å². The van der Waals surface area contributed by atoms with Crippen LogP contribution >= 0.6 is 0 Å². The summed E-state index contributed by atoms with van der Waals surface area (Å²) in [4.78, 5) is 166. The normalized spacial score (nSPS) is 14.7. The molecule has 0 aliphatic rings.